The normalized spacial score (nSPS) is 20.8. The second-order valence-corrected chi connectivity index (χ2v) is 12.8. The number of urea groups is 1. The van der Waals surface area contributed by atoms with E-state index in [1.807, 2.05) is 50.2 Å². The van der Waals surface area contributed by atoms with E-state index in [1.54, 1.807) is 35.2 Å². The lowest BCUT2D eigenvalue weighted by Crippen LogP contribution is -2.47. The van der Waals surface area contributed by atoms with Crippen LogP contribution in [0.5, 0.6) is 17.2 Å². The minimum Gasteiger partial charge on any atom is -0.490 e. The number of nitrogens with one attached hydrogen (secondary N) is 2. The highest BCUT2D eigenvalue weighted by Gasteiger charge is 2.30. The number of aliphatic hydroxyl groups is 1. The van der Waals surface area contributed by atoms with Gasteiger partial charge in [-0.15, -0.1) is 0 Å². The number of anilines is 2. The Morgan fingerprint density at radius 1 is 0.979 bits per heavy atom. The van der Waals surface area contributed by atoms with E-state index in [1.165, 1.54) is 0 Å². The van der Waals surface area contributed by atoms with Crippen LogP contribution in [0.2, 0.25) is 0 Å². The van der Waals surface area contributed by atoms with Gasteiger partial charge < -0.3 is 39.6 Å². The molecule has 0 aliphatic carbocycles. The second kappa shape index (κ2) is 16.7. The summed E-state index contributed by atoms with van der Waals surface area (Å²) in [5.74, 6) is 1.60. The molecule has 3 aromatic rings. The number of para-hydroxylation sites is 1. The number of fused-ring (bicyclic) bond motifs is 2. The number of carbonyl (C=O) groups is 2. The quantitative estimate of drug-likeness (QED) is 0.270. The third-order valence-corrected chi connectivity index (χ3v) is 8.72. The van der Waals surface area contributed by atoms with Gasteiger partial charge in [-0.25, -0.2) is 4.79 Å². The van der Waals surface area contributed by atoms with Gasteiger partial charge in [-0.05, 0) is 88.2 Å². The standard InChI is InChI=1S/C37H48N4O7/c1-25-20-41(26(2)23-42)36(43)31-19-30(39-37(44)38-29-11-6-5-7-12-29)14-16-32(31)48-27(3)10-8-9-17-45-35(25)22-40(4)21-28-13-15-33-34(18-28)47-24-46-33/h5-7,11-16,18-19,25-27,35,42H,8-10,17,20-24H2,1-4H3,(H2,38,39,44)/t25-,26+,27-,35+/m0/s1. The number of benzene rings is 3. The van der Waals surface area contributed by atoms with Crippen LogP contribution >= 0.6 is 0 Å². The van der Waals surface area contributed by atoms with Gasteiger partial charge in [-0.3, -0.25) is 9.69 Å². The Hall–Kier alpha value is -4.32. The summed E-state index contributed by atoms with van der Waals surface area (Å²) >= 11 is 0. The zero-order chi connectivity index (χ0) is 34.0. The Morgan fingerprint density at radius 3 is 2.52 bits per heavy atom. The van der Waals surface area contributed by atoms with E-state index in [9.17, 15) is 14.7 Å². The van der Waals surface area contributed by atoms with Crippen LogP contribution in [0.1, 0.15) is 56.0 Å². The molecule has 11 nitrogen and oxygen atoms in total. The average Bonchev–Trinajstić information content (AvgIpc) is 3.54. The summed E-state index contributed by atoms with van der Waals surface area (Å²) in [6, 6.07) is 19.3. The summed E-state index contributed by atoms with van der Waals surface area (Å²) in [7, 11) is 2.06. The molecule has 3 amide bonds. The van der Waals surface area contributed by atoms with Crippen molar-refractivity contribution >= 4 is 23.3 Å². The third-order valence-electron chi connectivity index (χ3n) is 8.72. The van der Waals surface area contributed by atoms with Crippen molar-refractivity contribution in [1.82, 2.24) is 9.80 Å². The Balaban J connectivity index is 1.36. The molecule has 0 radical (unpaired) electrons. The molecule has 3 aromatic carbocycles. The predicted molar refractivity (Wildman–Crippen MR) is 185 cm³/mol. The smallest absolute Gasteiger partial charge is 0.323 e. The molecule has 258 valence electrons. The number of amides is 3. The number of ether oxygens (including phenoxy) is 4. The fraction of sp³-hybridized carbons (Fsp3) is 0.459. The first-order valence-corrected chi connectivity index (χ1v) is 16.7. The molecule has 0 saturated carbocycles. The fourth-order valence-electron chi connectivity index (χ4n) is 6.00. The van der Waals surface area contributed by atoms with E-state index in [0.717, 1.165) is 36.3 Å². The molecule has 0 spiro atoms. The Kier molecular flexibility index (Phi) is 12.2. The lowest BCUT2D eigenvalue weighted by molar-refractivity contribution is -0.0177. The highest BCUT2D eigenvalue weighted by atomic mass is 16.7. The van der Waals surface area contributed by atoms with Crippen molar-refractivity contribution in [1.29, 1.82) is 0 Å². The molecule has 0 bridgehead atoms. The van der Waals surface area contributed by atoms with Crippen LogP contribution in [0.3, 0.4) is 0 Å². The summed E-state index contributed by atoms with van der Waals surface area (Å²) < 4.78 is 23.9. The predicted octanol–water partition coefficient (Wildman–Crippen LogP) is 5.99. The van der Waals surface area contributed by atoms with Crippen LogP contribution in [0.15, 0.2) is 66.7 Å². The Bertz CT molecular complexity index is 1520. The van der Waals surface area contributed by atoms with Crippen LogP contribution in [0.4, 0.5) is 16.2 Å². The molecule has 2 heterocycles. The van der Waals surface area contributed by atoms with Gasteiger partial charge in [0.05, 0.1) is 30.4 Å². The molecule has 0 fully saturated rings. The first-order valence-electron chi connectivity index (χ1n) is 16.7. The molecule has 0 unspecified atom stereocenters. The topological polar surface area (TPSA) is 122 Å². The molecular weight excluding hydrogens is 612 g/mol. The van der Waals surface area contributed by atoms with Gasteiger partial charge in [0, 0.05) is 43.5 Å². The van der Waals surface area contributed by atoms with Crippen molar-refractivity contribution in [3.63, 3.8) is 0 Å². The maximum absolute atomic E-state index is 14.4. The van der Waals surface area contributed by atoms with Gasteiger partial charge in [0.25, 0.3) is 5.91 Å². The summed E-state index contributed by atoms with van der Waals surface area (Å²) in [5, 5.41) is 15.9. The van der Waals surface area contributed by atoms with Crippen molar-refractivity contribution in [3.05, 3.63) is 77.9 Å². The van der Waals surface area contributed by atoms with Crippen molar-refractivity contribution in [3.8, 4) is 17.2 Å². The van der Waals surface area contributed by atoms with Crippen molar-refractivity contribution in [2.45, 2.75) is 64.8 Å². The molecule has 48 heavy (non-hydrogen) atoms. The zero-order valence-corrected chi connectivity index (χ0v) is 28.3. The highest BCUT2D eigenvalue weighted by molar-refractivity contribution is 6.02. The Morgan fingerprint density at radius 2 is 1.73 bits per heavy atom. The molecule has 0 saturated heterocycles. The largest absolute Gasteiger partial charge is 0.490 e. The molecule has 5 rings (SSSR count). The maximum Gasteiger partial charge on any atom is 0.323 e. The molecular formula is C37H48N4O7. The van der Waals surface area contributed by atoms with E-state index < -0.39 is 12.1 Å². The lowest BCUT2D eigenvalue weighted by atomic mass is 10.0. The molecule has 11 heteroatoms. The minimum atomic E-state index is -0.469. The average molecular weight is 661 g/mol. The SMILES string of the molecule is C[C@H](CO)N1C[C@H](C)[C@@H](CN(C)Cc2ccc3c(c2)OCO3)OCCCC[C@H](C)Oc2ccc(NC(=O)Nc3ccccc3)cc2C1=O. The maximum atomic E-state index is 14.4. The number of hydrogen-bond acceptors (Lipinski definition) is 8. The molecule has 2 aliphatic heterocycles. The van der Waals surface area contributed by atoms with Gasteiger partial charge in [-0.2, -0.15) is 0 Å². The number of likely N-dealkylation sites (N-methyl/N-ethyl adjacent to an activating group) is 1. The van der Waals surface area contributed by atoms with Crippen molar-refractivity contribution in [2.75, 3.05) is 50.8 Å². The van der Waals surface area contributed by atoms with Crippen LogP contribution in [0, 0.1) is 5.92 Å². The first-order chi connectivity index (χ1) is 23.2. The fourth-order valence-corrected chi connectivity index (χ4v) is 6.00. The molecule has 0 aromatic heterocycles. The van der Waals surface area contributed by atoms with E-state index >= 15 is 0 Å². The van der Waals surface area contributed by atoms with Gasteiger partial charge in [-0.1, -0.05) is 31.2 Å². The lowest BCUT2D eigenvalue weighted by Gasteiger charge is -2.36. The molecule has 4 atom stereocenters. The van der Waals surface area contributed by atoms with Gasteiger partial charge >= 0.3 is 6.03 Å². The van der Waals surface area contributed by atoms with Crippen molar-refractivity contribution < 1.29 is 33.6 Å². The number of rotatable bonds is 8. The van der Waals surface area contributed by atoms with E-state index in [-0.39, 0.29) is 37.4 Å². The molecule has 2 aliphatic rings. The third kappa shape index (κ3) is 9.40. The highest BCUT2D eigenvalue weighted by Crippen LogP contribution is 2.33. The van der Waals surface area contributed by atoms with Gasteiger partial charge in [0.1, 0.15) is 5.75 Å². The summed E-state index contributed by atoms with van der Waals surface area (Å²) in [4.78, 5) is 31.1. The van der Waals surface area contributed by atoms with Crippen LogP contribution in [-0.2, 0) is 11.3 Å². The van der Waals surface area contributed by atoms with Gasteiger partial charge in [0.15, 0.2) is 11.5 Å². The van der Waals surface area contributed by atoms with E-state index in [0.29, 0.717) is 48.9 Å². The summed E-state index contributed by atoms with van der Waals surface area (Å²) in [5.41, 5.74) is 2.52. The minimum absolute atomic E-state index is 0.0636. The second-order valence-electron chi connectivity index (χ2n) is 12.8. The van der Waals surface area contributed by atoms with E-state index in [2.05, 4.69) is 29.5 Å². The number of aliphatic hydroxyl groups excluding tert-OH is 1. The van der Waals surface area contributed by atoms with Crippen LogP contribution in [0.25, 0.3) is 0 Å². The number of carbonyl (C=O) groups excluding carboxylic acids is 2. The monoisotopic (exact) mass is 660 g/mol. The summed E-state index contributed by atoms with van der Waals surface area (Å²) in [6.45, 7) is 8.21. The first kappa shape index (κ1) is 35.0. The number of hydrogen-bond donors (Lipinski definition) is 3. The summed E-state index contributed by atoms with van der Waals surface area (Å²) in [6.07, 6.45) is 2.26. The zero-order valence-electron chi connectivity index (χ0n) is 28.3. The molecule has 3 N–H and O–H groups in total. The van der Waals surface area contributed by atoms with Crippen molar-refractivity contribution in [2.24, 2.45) is 5.92 Å². The van der Waals surface area contributed by atoms with Crippen LogP contribution in [-0.4, -0.2) is 85.2 Å². The number of nitrogens with zero attached hydrogens (tertiary/aromatic N) is 2. The van der Waals surface area contributed by atoms with Gasteiger partial charge in [0.2, 0.25) is 6.79 Å². The Labute approximate surface area is 283 Å². The van der Waals surface area contributed by atoms with E-state index in [4.69, 9.17) is 18.9 Å². The van der Waals surface area contributed by atoms with Crippen LogP contribution < -0.4 is 24.8 Å².